The first kappa shape index (κ1) is 14.5. The van der Waals surface area contributed by atoms with Gasteiger partial charge in [-0.1, -0.05) is 60.7 Å². The van der Waals surface area contributed by atoms with Crippen LogP contribution in [0, 0.1) is 10.1 Å². The van der Waals surface area contributed by atoms with E-state index in [0.29, 0.717) is 0 Å². The molecular formula is C20H16N2O2. The summed E-state index contributed by atoms with van der Waals surface area (Å²) in [5.41, 5.74) is 3.38. The van der Waals surface area contributed by atoms with Crippen LogP contribution in [0.4, 0.5) is 11.4 Å². The van der Waals surface area contributed by atoms with Crippen LogP contribution in [0.1, 0.15) is 11.1 Å². The van der Waals surface area contributed by atoms with Crippen molar-refractivity contribution in [2.45, 2.75) is 5.54 Å². The quantitative estimate of drug-likeness (QED) is 0.408. The number of nitro benzene ring substituents is 1. The Balaban J connectivity index is 1.76. The minimum Gasteiger partial charge on any atom is -0.353 e. The summed E-state index contributed by atoms with van der Waals surface area (Å²) in [4.78, 5) is 12.8. The lowest BCUT2D eigenvalue weighted by molar-refractivity contribution is -0.384. The van der Waals surface area contributed by atoms with E-state index in [1.54, 1.807) is 12.1 Å². The van der Waals surface area contributed by atoms with Gasteiger partial charge in [-0.25, -0.2) is 0 Å². The number of hydrogen-bond acceptors (Lipinski definition) is 3. The molecule has 24 heavy (non-hydrogen) atoms. The van der Waals surface area contributed by atoms with Gasteiger partial charge in [0.2, 0.25) is 0 Å². The first-order valence-corrected chi connectivity index (χ1v) is 7.85. The monoisotopic (exact) mass is 316 g/mol. The lowest BCUT2D eigenvalue weighted by Gasteiger charge is -2.20. The second kappa shape index (κ2) is 5.49. The molecule has 0 aliphatic carbocycles. The third kappa shape index (κ3) is 2.24. The standard InChI is InChI=1S/C20H16N2O2/c23-22(24)19-13-11-18(12-14-19)21-15-20(21,16-7-3-1-4-8-16)17-9-5-2-6-10-17/h1-14H,15H2. The molecule has 3 aromatic rings. The Morgan fingerprint density at radius 1 is 0.792 bits per heavy atom. The van der Waals surface area contributed by atoms with Crippen molar-refractivity contribution in [2.75, 3.05) is 11.4 Å². The Morgan fingerprint density at radius 3 is 1.75 bits per heavy atom. The van der Waals surface area contributed by atoms with Crippen molar-refractivity contribution in [3.05, 3.63) is 106 Å². The molecule has 1 saturated heterocycles. The van der Waals surface area contributed by atoms with Crippen molar-refractivity contribution < 1.29 is 4.92 Å². The molecule has 1 aliphatic rings. The number of nitrogens with zero attached hydrogens (tertiary/aromatic N) is 2. The van der Waals surface area contributed by atoms with E-state index in [2.05, 4.69) is 29.2 Å². The largest absolute Gasteiger partial charge is 0.353 e. The van der Waals surface area contributed by atoms with Gasteiger partial charge in [-0.2, -0.15) is 0 Å². The Bertz CT molecular complexity index is 822. The van der Waals surface area contributed by atoms with Crippen LogP contribution in [0.15, 0.2) is 84.9 Å². The van der Waals surface area contributed by atoms with Crippen LogP contribution in [0.3, 0.4) is 0 Å². The molecule has 0 spiro atoms. The third-order valence-electron chi connectivity index (χ3n) is 4.62. The van der Waals surface area contributed by atoms with Gasteiger partial charge in [-0.15, -0.1) is 0 Å². The molecule has 3 aromatic carbocycles. The molecule has 1 fully saturated rings. The first-order chi connectivity index (χ1) is 11.7. The molecule has 118 valence electrons. The second-order valence-electron chi connectivity index (χ2n) is 5.95. The van der Waals surface area contributed by atoms with E-state index < -0.39 is 0 Å². The Kier molecular flexibility index (Phi) is 3.31. The lowest BCUT2D eigenvalue weighted by Crippen LogP contribution is -2.17. The van der Waals surface area contributed by atoms with Gasteiger partial charge in [0, 0.05) is 17.8 Å². The molecule has 0 radical (unpaired) electrons. The van der Waals surface area contributed by atoms with Crippen molar-refractivity contribution >= 4 is 11.4 Å². The van der Waals surface area contributed by atoms with Crippen LogP contribution in [0.25, 0.3) is 0 Å². The number of non-ortho nitro benzene ring substituents is 1. The molecule has 4 heteroatoms. The van der Waals surface area contributed by atoms with E-state index in [-0.39, 0.29) is 16.1 Å². The smallest absolute Gasteiger partial charge is 0.269 e. The highest BCUT2D eigenvalue weighted by molar-refractivity contribution is 5.67. The van der Waals surface area contributed by atoms with E-state index >= 15 is 0 Å². The van der Waals surface area contributed by atoms with Gasteiger partial charge in [0.25, 0.3) is 5.69 Å². The summed E-state index contributed by atoms with van der Waals surface area (Å²) in [5, 5.41) is 10.9. The first-order valence-electron chi connectivity index (χ1n) is 7.85. The fourth-order valence-corrected chi connectivity index (χ4v) is 3.35. The topological polar surface area (TPSA) is 46.1 Å². The fraction of sp³-hybridized carbons (Fsp3) is 0.100. The van der Waals surface area contributed by atoms with Crippen molar-refractivity contribution in [3.63, 3.8) is 0 Å². The second-order valence-corrected chi connectivity index (χ2v) is 5.95. The van der Waals surface area contributed by atoms with Crippen LogP contribution in [-0.4, -0.2) is 11.5 Å². The van der Waals surface area contributed by atoms with Crippen molar-refractivity contribution in [1.29, 1.82) is 0 Å². The molecule has 0 bridgehead atoms. The van der Waals surface area contributed by atoms with Crippen LogP contribution in [0.2, 0.25) is 0 Å². The number of hydrogen-bond donors (Lipinski definition) is 0. The summed E-state index contributed by atoms with van der Waals surface area (Å²) >= 11 is 0. The molecule has 0 unspecified atom stereocenters. The Labute approximate surface area is 140 Å². The molecule has 4 nitrogen and oxygen atoms in total. The Morgan fingerprint density at radius 2 is 1.29 bits per heavy atom. The van der Waals surface area contributed by atoms with Crippen molar-refractivity contribution in [2.24, 2.45) is 0 Å². The summed E-state index contributed by atoms with van der Waals surface area (Å²) in [6.45, 7) is 0.860. The molecule has 1 aliphatic heterocycles. The van der Waals surface area contributed by atoms with Gasteiger partial charge in [0.15, 0.2) is 0 Å². The molecule has 0 N–H and O–H groups in total. The summed E-state index contributed by atoms with van der Waals surface area (Å²) in [6, 6.07) is 27.5. The highest BCUT2D eigenvalue weighted by Gasteiger charge is 2.54. The van der Waals surface area contributed by atoms with Crippen molar-refractivity contribution in [3.8, 4) is 0 Å². The normalized spacial score (nSPS) is 15.1. The van der Waals surface area contributed by atoms with Gasteiger partial charge in [-0.3, -0.25) is 10.1 Å². The zero-order chi connectivity index (χ0) is 16.6. The maximum Gasteiger partial charge on any atom is 0.269 e. The van der Waals surface area contributed by atoms with Crippen LogP contribution >= 0.6 is 0 Å². The lowest BCUT2D eigenvalue weighted by atomic mass is 9.90. The van der Waals surface area contributed by atoms with Gasteiger partial charge < -0.3 is 4.90 Å². The molecule has 4 rings (SSSR count). The highest BCUT2D eigenvalue weighted by atomic mass is 16.6. The zero-order valence-corrected chi connectivity index (χ0v) is 13.0. The van der Waals surface area contributed by atoms with Gasteiger partial charge in [-0.05, 0) is 23.3 Å². The predicted molar refractivity (Wildman–Crippen MR) is 94.1 cm³/mol. The molecule has 0 saturated carbocycles. The van der Waals surface area contributed by atoms with Gasteiger partial charge >= 0.3 is 0 Å². The van der Waals surface area contributed by atoms with E-state index in [4.69, 9.17) is 0 Å². The van der Waals surface area contributed by atoms with Crippen LogP contribution < -0.4 is 4.90 Å². The SMILES string of the molecule is O=[N+]([O-])c1ccc(N2CC2(c2ccccc2)c2ccccc2)cc1. The van der Waals surface area contributed by atoms with E-state index in [1.165, 1.54) is 11.1 Å². The molecule has 0 amide bonds. The average molecular weight is 316 g/mol. The van der Waals surface area contributed by atoms with E-state index in [1.807, 2.05) is 48.5 Å². The fourth-order valence-electron chi connectivity index (χ4n) is 3.35. The molecule has 0 aromatic heterocycles. The highest BCUT2D eigenvalue weighted by Crippen LogP contribution is 2.51. The van der Waals surface area contributed by atoms with Crippen LogP contribution in [-0.2, 0) is 5.54 Å². The predicted octanol–water partition coefficient (Wildman–Crippen LogP) is 4.36. The minimum absolute atomic E-state index is 0.116. The van der Waals surface area contributed by atoms with Gasteiger partial charge in [0.1, 0.15) is 5.54 Å². The van der Waals surface area contributed by atoms with Crippen LogP contribution in [0.5, 0.6) is 0 Å². The maximum atomic E-state index is 10.9. The van der Waals surface area contributed by atoms with E-state index in [9.17, 15) is 10.1 Å². The maximum absolute atomic E-state index is 10.9. The summed E-state index contributed by atoms with van der Waals surface area (Å²) in [6.07, 6.45) is 0. The number of rotatable bonds is 4. The number of nitro groups is 1. The zero-order valence-electron chi connectivity index (χ0n) is 13.0. The minimum atomic E-state index is -0.367. The summed E-state index contributed by atoms with van der Waals surface area (Å²) in [5.74, 6) is 0. The summed E-state index contributed by atoms with van der Waals surface area (Å²) in [7, 11) is 0. The third-order valence-corrected chi connectivity index (χ3v) is 4.62. The number of anilines is 1. The molecule has 1 heterocycles. The average Bonchev–Trinajstić information content (AvgIpc) is 3.40. The molecule has 0 atom stereocenters. The van der Waals surface area contributed by atoms with Crippen molar-refractivity contribution in [1.82, 2.24) is 0 Å². The Hall–Kier alpha value is -3.14. The number of benzene rings is 3. The summed E-state index contributed by atoms with van der Waals surface area (Å²) < 4.78 is 0. The van der Waals surface area contributed by atoms with Gasteiger partial charge in [0.05, 0.1) is 11.5 Å². The molecular weight excluding hydrogens is 300 g/mol. The van der Waals surface area contributed by atoms with E-state index in [0.717, 1.165) is 12.2 Å².